The van der Waals surface area contributed by atoms with Gasteiger partial charge < -0.3 is 19.2 Å². The predicted molar refractivity (Wildman–Crippen MR) is 102 cm³/mol. The summed E-state index contributed by atoms with van der Waals surface area (Å²) in [5, 5.41) is 3.91. The van der Waals surface area contributed by atoms with Crippen molar-refractivity contribution in [2.75, 3.05) is 12.4 Å². The smallest absolute Gasteiger partial charge is 0.375 e. The summed E-state index contributed by atoms with van der Waals surface area (Å²) < 4.78 is 15.9. The summed E-state index contributed by atoms with van der Waals surface area (Å²) in [6.07, 6.45) is -1.03. The number of aryl methyl sites for hydroxylation is 1. The Morgan fingerprint density at radius 2 is 1.93 bits per heavy atom. The Morgan fingerprint density at radius 3 is 2.67 bits per heavy atom. The Kier molecular flexibility index (Phi) is 5.37. The predicted octanol–water partition coefficient (Wildman–Crippen LogP) is 4.59. The maximum absolute atomic E-state index is 12.4. The molecule has 7 heteroatoms. The van der Waals surface area contributed by atoms with E-state index in [2.05, 4.69) is 5.32 Å². The van der Waals surface area contributed by atoms with Gasteiger partial charge in [-0.2, -0.15) is 0 Å². The molecule has 140 valence electrons. The van der Waals surface area contributed by atoms with Gasteiger partial charge in [0, 0.05) is 10.4 Å². The van der Waals surface area contributed by atoms with Gasteiger partial charge in [0.2, 0.25) is 5.76 Å². The van der Waals surface area contributed by atoms with Gasteiger partial charge in [0.15, 0.2) is 6.10 Å². The minimum atomic E-state index is -1.03. The molecule has 2 aromatic carbocycles. The van der Waals surface area contributed by atoms with Crippen molar-refractivity contribution < 1.29 is 23.5 Å². The summed E-state index contributed by atoms with van der Waals surface area (Å²) in [4.78, 5) is 24.7. The minimum absolute atomic E-state index is 0.0000489. The molecule has 1 amide bonds. The zero-order valence-electron chi connectivity index (χ0n) is 15.0. The zero-order valence-corrected chi connectivity index (χ0v) is 15.8. The number of fused-ring (bicyclic) bond motifs is 1. The maximum Gasteiger partial charge on any atom is 0.375 e. The monoisotopic (exact) mass is 387 g/mol. The molecule has 3 rings (SSSR count). The van der Waals surface area contributed by atoms with Crippen molar-refractivity contribution in [2.45, 2.75) is 20.0 Å². The summed E-state index contributed by atoms with van der Waals surface area (Å²) >= 11 is 5.93. The molecule has 0 saturated carbocycles. The largest absolute Gasteiger partial charge is 0.495 e. The van der Waals surface area contributed by atoms with E-state index in [0.29, 0.717) is 27.4 Å². The number of halogens is 1. The van der Waals surface area contributed by atoms with Crippen LogP contribution in [0.4, 0.5) is 5.69 Å². The number of esters is 1. The van der Waals surface area contributed by atoms with Crippen LogP contribution in [-0.2, 0) is 9.53 Å². The zero-order chi connectivity index (χ0) is 19.6. The standard InChI is InChI=1S/C20H18ClNO5/c1-11-4-6-17(25-3)15(8-11)22-19(23)12(2)26-20(24)18-10-13-9-14(21)5-7-16(13)27-18/h4-10,12H,1-3H3,(H,22,23)/t12-/m1/s1. The van der Waals surface area contributed by atoms with Crippen molar-refractivity contribution >= 4 is 40.1 Å². The molecule has 6 nitrogen and oxygen atoms in total. The number of anilines is 1. The molecule has 0 radical (unpaired) electrons. The quantitative estimate of drug-likeness (QED) is 0.648. The van der Waals surface area contributed by atoms with Crippen molar-refractivity contribution in [1.29, 1.82) is 0 Å². The summed E-state index contributed by atoms with van der Waals surface area (Å²) in [6.45, 7) is 3.38. The fourth-order valence-electron chi connectivity index (χ4n) is 2.54. The highest BCUT2D eigenvalue weighted by Gasteiger charge is 2.22. The van der Waals surface area contributed by atoms with Gasteiger partial charge in [-0.25, -0.2) is 4.79 Å². The normalized spacial score (nSPS) is 11.9. The number of methoxy groups -OCH3 is 1. The average molecular weight is 388 g/mol. The summed E-state index contributed by atoms with van der Waals surface area (Å²) in [5.41, 5.74) is 1.97. The minimum Gasteiger partial charge on any atom is -0.495 e. The van der Waals surface area contributed by atoms with Gasteiger partial charge in [0.25, 0.3) is 5.91 Å². The second-order valence-corrected chi connectivity index (χ2v) is 6.47. The van der Waals surface area contributed by atoms with E-state index in [1.165, 1.54) is 20.1 Å². The molecule has 0 aliphatic rings. The molecule has 0 spiro atoms. The van der Waals surface area contributed by atoms with E-state index in [-0.39, 0.29) is 5.76 Å². The topological polar surface area (TPSA) is 77.8 Å². The Labute approximate surface area is 161 Å². The molecule has 0 saturated heterocycles. The first-order valence-corrected chi connectivity index (χ1v) is 8.61. The van der Waals surface area contributed by atoms with Crippen LogP contribution >= 0.6 is 11.6 Å². The van der Waals surface area contributed by atoms with Crippen LogP contribution in [-0.4, -0.2) is 25.1 Å². The Hall–Kier alpha value is -2.99. The molecule has 1 atom stereocenters. The van der Waals surface area contributed by atoms with Crippen molar-refractivity contribution in [3.05, 3.63) is 58.8 Å². The van der Waals surface area contributed by atoms with E-state index in [0.717, 1.165) is 5.56 Å². The van der Waals surface area contributed by atoms with E-state index in [9.17, 15) is 9.59 Å². The SMILES string of the molecule is COc1ccc(C)cc1NC(=O)[C@@H](C)OC(=O)c1cc2cc(Cl)ccc2o1. The van der Waals surface area contributed by atoms with E-state index < -0.39 is 18.0 Å². The molecular formula is C20H18ClNO5. The molecular weight excluding hydrogens is 370 g/mol. The van der Waals surface area contributed by atoms with Gasteiger partial charge in [-0.05, 0) is 55.8 Å². The van der Waals surface area contributed by atoms with E-state index in [4.69, 9.17) is 25.5 Å². The van der Waals surface area contributed by atoms with Crippen molar-refractivity contribution in [3.63, 3.8) is 0 Å². The lowest BCUT2D eigenvalue weighted by atomic mass is 10.2. The maximum atomic E-state index is 12.4. The fraction of sp³-hybridized carbons (Fsp3) is 0.200. The molecule has 0 unspecified atom stereocenters. The van der Waals surface area contributed by atoms with Gasteiger partial charge in [0.1, 0.15) is 11.3 Å². The van der Waals surface area contributed by atoms with Crippen LogP contribution in [0.5, 0.6) is 5.75 Å². The number of amides is 1. The first kappa shape index (κ1) is 18.8. The van der Waals surface area contributed by atoms with Gasteiger partial charge in [-0.1, -0.05) is 17.7 Å². The van der Waals surface area contributed by atoms with E-state index >= 15 is 0 Å². The number of benzene rings is 2. The van der Waals surface area contributed by atoms with Crippen LogP contribution in [0.1, 0.15) is 23.0 Å². The highest BCUT2D eigenvalue weighted by molar-refractivity contribution is 6.31. The van der Waals surface area contributed by atoms with Gasteiger partial charge in [0.05, 0.1) is 12.8 Å². The first-order valence-electron chi connectivity index (χ1n) is 8.23. The number of carbonyl (C=O) groups excluding carboxylic acids is 2. The number of furan rings is 1. The Morgan fingerprint density at radius 1 is 1.15 bits per heavy atom. The highest BCUT2D eigenvalue weighted by Crippen LogP contribution is 2.26. The third-order valence-corrected chi connectivity index (χ3v) is 4.18. The van der Waals surface area contributed by atoms with Crippen LogP contribution in [0.2, 0.25) is 5.02 Å². The lowest BCUT2D eigenvalue weighted by molar-refractivity contribution is -0.123. The number of rotatable bonds is 5. The fourth-order valence-corrected chi connectivity index (χ4v) is 2.72. The molecule has 1 heterocycles. The van der Waals surface area contributed by atoms with Crippen LogP contribution in [0.25, 0.3) is 11.0 Å². The van der Waals surface area contributed by atoms with Gasteiger partial charge >= 0.3 is 5.97 Å². The Bertz CT molecular complexity index is 1010. The van der Waals surface area contributed by atoms with Crippen molar-refractivity contribution in [1.82, 2.24) is 0 Å². The van der Waals surface area contributed by atoms with Crippen LogP contribution in [0, 0.1) is 6.92 Å². The van der Waals surface area contributed by atoms with Gasteiger partial charge in [-0.15, -0.1) is 0 Å². The van der Waals surface area contributed by atoms with Crippen LogP contribution in [0.15, 0.2) is 46.9 Å². The summed E-state index contributed by atoms with van der Waals surface area (Å²) in [5.74, 6) is -0.700. The lowest BCUT2D eigenvalue weighted by Crippen LogP contribution is -2.30. The molecule has 0 bridgehead atoms. The number of ether oxygens (including phenoxy) is 2. The molecule has 0 aliphatic heterocycles. The number of hydrogen-bond donors (Lipinski definition) is 1. The molecule has 27 heavy (non-hydrogen) atoms. The number of carbonyl (C=O) groups is 2. The highest BCUT2D eigenvalue weighted by atomic mass is 35.5. The molecule has 3 aromatic rings. The second-order valence-electron chi connectivity index (χ2n) is 6.03. The molecule has 1 aromatic heterocycles. The third-order valence-electron chi connectivity index (χ3n) is 3.95. The van der Waals surface area contributed by atoms with E-state index in [1.807, 2.05) is 13.0 Å². The van der Waals surface area contributed by atoms with Crippen LogP contribution < -0.4 is 10.1 Å². The molecule has 0 fully saturated rings. The van der Waals surface area contributed by atoms with Gasteiger partial charge in [-0.3, -0.25) is 4.79 Å². The summed E-state index contributed by atoms with van der Waals surface area (Å²) in [6, 6.07) is 11.9. The Balaban J connectivity index is 1.70. The average Bonchev–Trinajstić information content (AvgIpc) is 3.05. The van der Waals surface area contributed by atoms with E-state index in [1.54, 1.807) is 30.3 Å². The summed E-state index contributed by atoms with van der Waals surface area (Å²) in [7, 11) is 1.51. The molecule has 1 N–H and O–H groups in total. The second kappa shape index (κ2) is 7.72. The first-order chi connectivity index (χ1) is 12.9. The van der Waals surface area contributed by atoms with Crippen molar-refractivity contribution in [3.8, 4) is 5.75 Å². The molecule has 0 aliphatic carbocycles. The number of nitrogens with one attached hydrogen (secondary N) is 1. The lowest BCUT2D eigenvalue weighted by Gasteiger charge is -2.15. The van der Waals surface area contributed by atoms with Crippen molar-refractivity contribution in [2.24, 2.45) is 0 Å². The van der Waals surface area contributed by atoms with Crippen LogP contribution in [0.3, 0.4) is 0 Å². The number of hydrogen-bond acceptors (Lipinski definition) is 5. The third kappa shape index (κ3) is 4.23.